The number of ether oxygens (including phenoxy) is 1. The van der Waals surface area contributed by atoms with Crippen LogP contribution in [0.15, 0.2) is 18.2 Å². The first-order chi connectivity index (χ1) is 14.7. The molecule has 1 unspecified atom stereocenters. The van der Waals surface area contributed by atoms with E-state index in [2.05, 4.69) is 5.43 Å². The van der Waals surface area contributed by atoms with E-state index in [4.69, 9.17) is 27.9 Å². The van der Waals surface area contributed by atoms with E-state index in [1.54, 1.807) is 26.2 Å². The van der Waals surface area contributed by atoms with E-state index in [0.717, 1.165) is 37.5 Å². The molecule has 1 heterocycles. The Morgan fingerprint density at radius 3 is 2.31 bits per heavy atom. The predicted octanol–water partition coefficient (Wildman–Crippen LogP) is 4.27. The van der Waals surface area contributed by atoms with E-state index in [9.17, 15) is 23.2 Å². The fourth-order valence-electron chi connectivity index (χ4n) is 4.04. The van der Waals surface area contributed by atoms with Crippen molar-refractivity contribution in [1.82, 2.24) is 15.8 Å². The Kier molecular flexibility index (Phi) is 6.64. The molecule has 2 fully saturated rings. The van der Waals surface area contributed by atoms with Gasteiger partial charge in [0.15, 0.2) is 0 Å². The van der Waals surface area contributed by atoms with Crippen LogP contribution in [0.2, 0.25) is 10.0 Å². The molecule has 1 aliphatic heterocycles. The van der Waals surface area contributed by atoms with Crippen LogP contribution in [0.1, 0.15) is 45.6 Å². The number of hydrogen-bond donors (Lipinski definition) is 2. The lowest BCUT2D eigenvalue weighted by Crippen LogP contribution is -2.53. The number of amides is 3. The minimum absolute atomic E-state index is 0.0708. The number of alkyl halides is 2. The van der Waals surface area contributed by atoms with Crippen molar-refractivity contribution in [1.29, 1.82) is 0 Å². The van der Waals surface area contributed by atoms with Gasteiger partial charge in [-0.25, -0.2) is 4.79 Å². The van der Waals surface area contributed by atoms with Gasteiger partial charge in [0.05, 0.1) is 16.0 Å². The maximum Gasteiger partial charge on any atom is 0.410 e. The van der Waals surface area contributed by atoms with Gasteiger partial charge in [-0.1, -0.05) is 35.7 Å². The fourth-order valence-corrected chi connectivity index (χ4v) is 4.34. The molecule has 1 spiro atoms. The largest absolute Gasteiger partial charge is 0.444 e. The number of nitrogens with one attached hydrogen (secondary N) is 2. The van der Waals surface area contributed by atoms with Crippen LogP contribution < -0.4 is 10.9 Å². The highest BCUT2D eigenvalue weighted by Crippen LogP contribution is 2.52. The second-order valence-electron chi connectivity index (χ2n) is 9.28. The number of hydrazine groups is 1. The third kappa shape index (κ3) is 4.93. The highest BCUT2D eigenvalue weighted by Gasteiger charge is 2.55. The van der Waals surface area contributed by atoms with Crippen molar-refractivity contribution in [2.24, 2.45) is 11.3 Å². The Bertz CT molecular complexity index is 932. The quantitative estimate of drug-likeness (QED) is 0.618. The van der Waals surface area contributed by atoms with Gasteiger partial charge in [-0.15, -0.1) is 0 Å². The third-order valence-electron chi connectivity index (χ3n) is 5.83. The van der Waals surface area contributed by atoms with Crippen LogP contribution in [0.25, 0.3) is 0 Å². The molecule has 1 saturated heterocycles. The van der Waals surface area contributed by atoms with Gasteiger partial charge < -0.3 is 9.64 Å². The zero-order chi connectivity index (χ0) is 23.9. The first-order valence-corrected chi connectivity index (χ1v) is 10.9. The molecule has 1 aromatic carbocycles. The van der Waals surface area contributed by atoms with Gasteiger partial charge in [-0.3, -0.25) is 20.4 Å². The van der Waals surface area contributed by atoms with Gasteiger partial charge in [0.25, 0.3) is 0 Å². The molecule has 1 aliphatic carbocycles. The number of carbonyl (C=O) groups is 3. The maximum absolute atomic E-state index is 14.5. The molecule has 176 valence electrons. The normalized spacial score (nSPS) is 20.0. The minimum atomic E-state index is -3.95. The summed E-state index contributed by atoms with van der Waals surface area (Å²) in [4.78, 5) is 38.8. The molecule has 32 heavy (non-hydrogen) atoms. The van der Waals surface area contributed by atoms with Crippen molar-refractivity contribution in [3.8, 4) is 0 Å². The summed E-state index contributed by atoms with van der Waals surface area (Å²) < 4.78 is 34.4. The van der Waals surface area contributed by atoms with Crippen LogP contribution in [-0.4, -0.2) is 41.5 Å². The van der Waals surface area contributed by atoms with Crippen molar-refractivity contribution in [3.05, 3.63) is 33.8 Å². The summed E-state index contributed by atoms with van der Waals surface area (Å²) in [6, 6.07) is 3.03. The number of halogens is 4. The number of hydrogen-bond acceptors (Lipinski definition) is 4. The Morgan fingerprint density at radius 2 is 1.78 bits per heavy atom. The third-order valence-corrected chi connectivity index (χ3v) is 6.57. The van der Waals surface area contributed by atoms with Gasteiger partial charge >= 0.3 is 17.9 Å². The van der Waals surface area contributed by atoms with Crippen molar-refractivity contribution in [2.45, 2.75) is 51.6 Å². The van der Waals surface area contributed by atoms with Crippen molar-refractivity contribution < 1.29 is 27.9 Å². The average Bonchev–Trinajstić information content (AvgIpc) is 3.08. The molecule has 2 N–H and O–H groups in total. The van der Waals surface area contributed by atoms with Gasteiger partial charge in [0, 0.05) is 24.1 Å². The summed E-state index contributed by atoms with van der Waals surface area (Å²) in [5.74, 6) is -6.95. The molecule has 0 bridgehead atoms. The number of likely N-dealkylation sites (tertiary alicyclic amines) is 1. The zero-order valence-corrected chi connectivity index (χ0v) is 19.4. The van der Waals surface area contributed by atoms with Crippen molar-refractivity contribution >= 4 is 41.1 Å². The number of carbonyl (C=O) groups excluding carboxylic acids is 3. The molecule has 7 nitrogen and oxygen atoms in total. The first kappa shape index (κ1) is 24.5. The summed E-state index contributed by atoms with van der Waals surface area (Å²) in [5.41, 5.74) is 2.11. The van der Waals surface area contributed by atoms with Gasteiger partial charge in [0.2, 0.25) is 5.91 Å². The molecule has 3 rings (SSSR count). The van der Waals surface area contributed by atoms with Gasteiger partial charge in [-0.05, 0) is 45.7 Å². The van der Waals surface area contributed by atoms with Crippen LogP contribution in [0.3, 0.4) is 0 Å². The lowest BCUT2D eigenvalue weighted by molar-refractivity contribution is -0.150. The van der Waals surface area contributed by atoms with Gasteiger partial charge in [0.1, 0.15) is 5.60 Å². The number of rotatable bonds is 3. The van der Waals surface area contributed by atoms with Crippen LogP contribution in [-0.2, 0) is 20.2 Å². The molecule has 0 aromatic heterocycles. The lowest BCUT2D eigenvalue weighted by Gasteiger charge is -2.41. The van der Waals surface area contributed by atoms with E-state index < -0.39 is 46.3 Å². The SMILES string of the molecule is CC(C)(C)OC(=O)N1CC(C(=O)NNC(=O)C(F)(F)c2ccc(Cl)c(Cl)c2)C2(CCC2)C1. The number of nitrogens with zero attached hydrogens (tertiary/aromatic N) is 1. The smallest absolute Gasteiger partial charge is 0.410 e. The fraction of sp³-hybridized carbons (Fsp3) is 0.571. The molecule has 1 saturated carbocycles. The highest BCUT2D eigenvalue weighted by atomic mass is 35.5. The van der Waals surface area contributed by atoms with Crippen LogP contribution in [0.4, 0.5) is 13.6 Å². The monoisotopic (exact) mass is 491 g/mol. The molecule has 2 aliphatic rings. The second-order valence-corrected chi connectivity index (χ2v) is 10.1. The topological polar surface area (TPSA) is 87.7 Å². The predicted molar refractivity (Wildman–Crippen MR) is 114 cm³/mol. The Labute approximate surface area is 194 Å². The van der Waals surface area contributed by atoms with Crippen molar-refractivity contribution in [2.75, 3.05) is 13.1 Å². The molecule has 3 amide bonds. The van der Waals surface area contributed by atoms with Crippen LogP contribution in [0, 0.1) is 11.3 Å². The van der Waals surface area contributed by atoms with E-state index in [1.807, 2.05) is 0 Å². The van der Waals surface area contributed by atoms with Crippen molar-refractivity contribution in [3.63, 3.8) is 0 Å². The molecule has 11 heteroatoms. The van der Waals surface area contributed by atoms with Crippen LogP contribution >= 0.6 is 23.2 Å². The van der Waals surface area contributed by atoms with E-state index in [1.165, 1.54) is 4.90 Å². The molecule has 1 aromatic rings. The Balaban J connectivity index is 1.65. The summed E-state index contributed by atoms with van der Waals surface area (Å²) in [6.45, 7) is 5.66. The first-order valence-electron chi connectivity index (χ1n) is 10.2. The molecule has 0 radical (unpaired) electrons. The summed E-state index contributed by atoms with van der Waals surface area (Å²) in [7, 11) is 0. The number of benzene rings is 1. The highest BCUT2D eigenvalue weighted by molar-refractivity contribution is 6.42. The maximum atomic E-state index is 14.5. The minimum Gasteiger partial charge on any atom is -0.444 e. The lowest BCUT2D eigenvalue weighted by atomic mass is 9.62. The Hall–Kier alpha value is -2.13. The van der Waals surface area contributed by atoms with Gasteiger partial charge in [-0.2, -0.15) is 8.78 Å². The Morgan fingerprint density at radius 1 is 1.12 bits per heavy atom. The van der Waals surface area contributed by atoms with E-state index in [0.29, 0.717) is 6.54 Å². The summed E-state index contributed by atoms with van der Waals surface area (Å²) in [6.07, 6.45) is 1.80. The van der Waals surface area contributed by atoms with Crippen LogP contribution in [0.5, 0.6) is 0 Å². The molecular formula is C21H25Cl2F2N3O4. The molecular weight excluding hydrogens is 467 g/mol. The summed E-state index contributed by atoms with van der Waals surface area (Å²) in [5, 5.41) is -0.0534. The summed E-state index contributed by atoms with van der Waals surface area (Å²) >= 11 is 11.5. The molecule has 1 atom stereocenters. The zero-order valence-electron chi connectivity index (χ0n) is 17.9. The van der Waals surface area contributed by atoms with E-state index in [-0.39, 0.29) is 16.6 Å². The standard InChI is InChI=1S/C21H25Cl2F2N3O4/c1-19(2,3)32-18(31)28-10-13(20(11-28)7-4-8-20)16(29)26-27-17(30)21(24,25)12-5-6-14(22)15(23)9-12/h5-6,9,13H,4,7-8,10-11H2,1-3H3,(H,26,29)(H,27,30). The average molecular weight is 492 g/mol. The van der Waals surface area contributed by atoms with E-state index >= 15 is 0 Å². The second kappa shape index (κ2) is 8.67.